The normalized spacial score (nSPS) is 9.13. The third-order valence-electron chi connectivity index (χ3n) is 1.33. The molecular weight excluding hydrogens is 283 g/mol. The number of hydrogen-bond donors (Lipinski definition) is 0. The Morgan fingerprint density at radius 3 is 2.27 bits per heavy atom. The Morgan fingerprint density at radius 2 is 1.87 bits per heavy atom. The zero-order valence-corrected chi connectivity index (χ0v) is 10.4. The van der Waals surface area contributed by atoms with Gasteiger partial charge in [-0.15, -0.1) is 11.6 Å². The fourth-order valence-corrected chi connectivity index (χ4v) is 1.00. The molecule has 1 nitrogen and oxygen atoms in total. The van der Waals surface area contributed by atoms with Crippen molar-refractivity contribution in [3.05, 3.63) is 35.1 Å². The van der Waals surface area contributed by atoms with Gasteiger partial charge in [0.2, 0.25) is 0 Å². The lowest BCUT2D eigenvalue weighted by Gasteiger charge is -1.97. The van der Waals surface area contributed by atoms with Gasteiger partial charge in [-0.1, -0.05) is 34.8 Å². The monoisotopic (exact) mass is 287 g/mol. The average Bonchev–Trinajstić information content (AvgIpc) is 2.16. The fourth-order valence-electron chi connectivity index (χ4n) is 0.782. The van der Waals surface area contributed by atoms with Gasteiger partial charge in [-0.3, -0.25) is 0 Å². The van der Waals surface area contributed by atoms with Gasteiger partial charge in [-0.25, -0.2) is 4.39 Å². The Balaban J connectivity index is 0.000000423. The minimum atomic E-state index is -0.750. The van der Waals surface area contributed by atoms with Gasteiger partial charge in [0, 0.05) is 5.88 Å². The molecule has 0 heterocycles. The summed E-state index contributed by atoms with van der Waals surface area (Å²) in [4.78, 5) is 0. The quantitative estimate of drug-likeness (QED) is 0.702. The molecule has 0 amide bonds. The number of nitrogens with zero attached hydrogens (tertiary/aromatic N) is 1. The predicted octanol–water partition coefficient (Wildman–Crippen LogP) is 4.42. The molecule has 0 radical (unpaired) electrons. The number of halogens is 5. The molecule has 0 atom stereocenters. The van der Waals surface area contributed by atoms with Crippen LogP contribution in [-0.4, -0.2) is 4.30 Å². The molecular formula is C9H6Cl4FN. The predicted molar refractivity (Wildman–Crippen MR) is 62.0 cm³/mol. The van der Waals surface area contributed by atoms with Crippen molar-refractivity contribution >= 4 is 46.4 Å². The average molecular weight is 289 g/mol. The molecule has 0 spiro atoms. The van der Waals surface area contributed by atoms with Gasteiger partial charge in [-0.2, -0.15) is 5.26 Å². The highest BCUT2D eigenvalue weighted by atomic mass is 35.6. The van der Waals surface area contributed by atoms with E-state index in [2.05, 4.69) is 0 Å². The molecule has 0 saturated carbocycles. The molecule has 82 valence electrons. The number of benzene rings is 1. The Labute approximate surface area is 107 Å². The number of rotatable bonds is 1. The first-order valence-corrected chi connectivity index (χ1v) is 5.52. The van der Waals surface area contributed by atoms with Crippen molar-refractivity contribution < 1.29 is 4.39 Å². The van der Waals surface area contributed by atoms with Gasteiger partial charge >= 0.3 is 0 Å². The molecule has 0 aromatic heterocycles. The number of nitriles is 1. The van der Waals surface area contributed by atoms with E-state index >= 15 is 0 Å². The van der Waals surface area contributed by atoms with E-state index < -0.39 is 4.30 Å². The van der Waals surface area contributed by atoms with Crippen LogP contribution in [-0.2, 0) is 5.88 Å². The van der Waals surface area contributed by atoms with Crippen molar-refractivity contribution in [2.45, 2.75) is 10.2 Å². The number of alkyl halides is 4. The Kier molecular flexibility index (Phi) is 7.90. The van der Waals surface area contributed by atoms with Crippen LogP contribution in [0.2, 0.25) is 0 Å². The van der Waals surface area contributed by atoms with Gasteiger partial charge in [0.1, 0.15) is 5.82 Å². The summed E-state index contributed by atoms with van der Waals surface area (Å²) in [6, 6.07) is 5.86. The molecule has 0 unspecified atom stereocenters. The molecule has 0 fully saturated rings. The first-order valence-electron chi connectivity index (χ1n) is 3.68. The highest BCUT2D eigenvalue weighted by Gasteiger charge is 2.00. The Bertz CT molecular complexity index is 346. The number of hydrogen-bond acceptors (Lipinski definition) is 1. The van der Waals surface area contributed by atoms with Crippen LogP contribution in [0.1, 0.15) is 11.1 Å². The van der Waals surface area contributed by atoms with Gasteiger partial charge in [-0.05, 0) is 23.8 Å². The van der Waals surface area contributed by atoms with Crippen molar-refractivity contribution in [2.75, 3.05) is 0 Å². The second-order valence-electron chi connectivity index (χ2n) is 2.29. The van der Waals surface area contributed by atoms with Gasteiger partial charge < -0.3 is 0 Å². The van der Waals surface area contributed by atoms with Gasteiger partial charge in [0.25, 0.3) is 0 Å². The van der Waals surface area contributed by atoms with E-state index in [-0.39, 0.29) is 11.7 Å². The third-order valence-corrected chi connectivity index (χ3v) is 1.62. The zero-order valence-electron chi connectivity index (χ0n) is 7.35. The van der Waals surface area contributed by atoms with Crippen molar-refractivity contribution in [1.29, 1.82) is 5.26 Å². The largest absolute Gasteiger partial charge is 0.207 e. The van der Waals surface area contributed by atoms with E-state index in [9.17, 15) is 4.39 Å². The summed E-state index contributed by atoms with van der Waals surface area (Å²) in [5.41, 5.74) is 0.968. The van der Waals surface area contributed by atoms with Crippen molar-refractivity contribution in [3.8, 4) is 6.07 Å². The topological polar surface area (TPSA) is 23.8 Å². The lowest BCUT2D eigenvalue weighted by Crippen LogP contribution is -1.86. The summed E-state index contributed by atoms with van der Waals surface area (Å²) < 4.78 is 11.8. The molecule has 0 bridgehead atoms. The van der Waals surface area contributed by atoms with Gasteiger partial charge in [0.05, 0.1) is 11.6 Å². The Hall–Kier alpha value is -0.200. The molecule has 6 heteroatoms. The summed E-state index contributed by atoms with van der Waals surface area (Å²) in [5.74, 6) is -0.194. The molecule has 15 heavy (non-hydrogen) atoms. The van der Waals surface area contributed by atoms with E-state index in [1.165, 1.54) is 18.2 Å². The van der Waals surface area contributed by atoms with E-state index in [4.69, 9.17) is 51.7 Å². The molecule has 0 aliphatic heterocycles. The van der Waals surface area contributed by atoms with Crippen LogP contribution in [0.4, 0.5) is 4.39 Å². The van der Waals surface area contributed by atoms with Gasteiger partial charge in [0.15, 0.2) is 4.30 Å². The smallest absolute Gasteiger partial charge is 0.180 e. The lowest BCUT2D eigenvalue weighted by atomic mass is 10.1. The second kappa shape index (κ2) is 8.01. The lowest BCUT2D eigenvalue weighted by molar-refractivity contribution is 0.626. The van der Waals surface area contributed by atoms with Crippen LogP contribution in [0.3, 0.4) is 0 Å². The maximum atomic E-state index is 12.5. The highest BCUT2D eigenvalue weighted by Crippen LogP contribution is 2.12. The minimum absolute atomic E-state index is 0.167. The van der Waals surface area contributed by atoms with Crippen LogP contribution < -0.4 is 0 Å². The first-order chi connectivity index (χ1) is 7.01. The van der Waals surface area contributed by atoms with Crippen molar-refractivity contribution in [2.24, 2.45) is 0 Å². The minimum Gasteiger partial charge on any atom is -0.207 e. The van der Waals surface area contributed by atoms with E-state index in [1.54, 1.807) is 0 Å². The van der Waals surface area contributed by atoms with Crippen molar-refractivity contribution in [3.63, 3.8) is 0 Å². The second-order valence-corrected chi connectivity index (χ2v) is 4.54. The molecule has 1 rings (SSSR count). The molecule has 0 aliphatic carbocycles. The van der Waals surface area contributed by atoms with Crippen LogP contribution in [0.15, 0.2) is 18.2 Å². The van der Waals surface area contributed by atoms with E-state index in [0.29, 0.717) is 11.1 Å². The summed E-state index contributed by atoms with van der Waals surface area (Å²) in [6.07, 6.45) is 0. The van der Waals surface area contributed by atoms with E-state index in [0.717, 1.165) is 0 Å². The maximum absolute atomic E-state index is 12.5. The van der Waals surface area contributed by atoms with Crippen LogP contribution in [0.25, 0.3) is 0 Å². The summed E-state index contributed by atoms with van der Waals surface area (Å²) in [5, 5.41) is 8.51. The molecule has 0 aliphatic rings. The first kappa shape index (κ1) is 14.8. The highest BCUT2D eigenvalue weighted by molar-refractivity contribution is 6.63. The van der Waals surface area contributed by atoms with Crippen LogP contribution >= 0.6 is 46.4 Å². The third kappa shape index (κ3) is 6.81. The summed E-state index contributed by atoms with van der Waals surface area (Å²) >= 11 is 19.9. The molecule has 1 aromatic rings. The maximum Gasteiger partial charge on any atom is 0.180 e. The molecule has 0 N–H and O–H groups in total. The summed E-state index contributed by atoms with van der Waals surface area (Å²) in [7, 11) is 0. The molecule has 0 saturated heterocycles. The van der Waals surface area contributed by atoms with E-state index in [1.807, 2.05) is 6.07 Å². The van der Waals surface area contributed by atoms with Crippen LogP contribution in [0.5, 0.6) is 0 Å². The molecule has 1 aromatic carbocycles. The Morgan fingerprint density at radius 1 is 1.33 bits per heavy atom. The fraction of sp³-hybridized carbons (Fsp3) is 0.222. The zero-order chi connectivity index (χ0) is 11.8. The van der Waals surface area contributed by atoms with Crippen molar-refractivity contribution in [1.82, 2.24) is 0 Å². The SMILES string of the molecule is ClC(Cl)Cl.N#Cc1ccc(F)cc1CCl. The summed E-state index contributed by atoms with van der Waals surface area (Å²) in [6.45, 7) is 0. The van der Waals surface area contributed by atoms with Crippen LogP contribution in [0, 0.1) is 17.1 Å². The standard InChI is InChI=1S/C8H5ClFN.CHCl3/c9-4-7-3-8(10)2-1-6(7)5-11;2-1(3)4/h1-3H,4H2;1H.